The van der Waals surface area contributed by atoms with Gasteiger partial charge in [-0.15, -0.1) is 0 Å². The van der Waals surface area contributed by atoms with Crippen molar-refractivity contribution in [3.63, 3.8) is 0 Å². The van der Waals surface area contributed by atoms with Crippen molar-refractivity contribution in [3.8, 4) is 5.75 Å². The molecular formula is C16H18BrNO. The number of phenolic OH excluding ortho intramolecular Hbond substituents is 1. The summed E-state index contributed by atoms with van der Waals surface area (Å²) < 4.78 is 1.08. The molecule has 0 saturated carbocycles. The molecule has 2 aromatic rings. The van der Waals surface area contributed by atoms with Crippen LogP contribution in [0.4, 0.5) is 0 Å². The molecule has 0 radical (unpaired) electrons. The van der Waals surface area contributed by atoms with Crippen molar-refractivity contribution in [2.75, 3.05) is 0 Å². The van der Waals surface area contributed by atoms with Gasteiger partial charge in [0.25, 0.3) is 0 Å². The fraction of sp³-hybridized carbons (Fsp3) is 0.250. The van der Waals surface area contributed by atoms with Gasteiger partial charge in [0.2, 0.25) is 0 Å². The Hall–Kier alpha value is -1.32. The minimum absolute atomic E-state index is 0.244. The lowest BCUT2D eigenvalue weighted by atomic mass is 10.1. The number of hydrogen-bond donors (Lipinski definition) is 2. The highest BCUT2D eigenvalue weighted by molar-refractivity contribution is 9.10. The number of phenols is 1. The van der Waals surface area contributed by atoms with E-state index in [-0.39, 0.29) is 6.04 Å². The number of halogens is 1. The number of para-hydroxylation sites is 1. The zero-order chi connectivity index (χ0) is 13.8. The molecule has 0 aliphatic heterocycles. The topological polar surface area (TPSA) is 32.3 Å². The predicted molar refractivity (Wildman–Crippen MR) is 82.2 cm³/mol. The molecule has 0 spiro atoms. The molecule has 2 aromatic carbocycles. The normalized spacial score (nSPS) is 12.4. The summed E-state index contributed by atoms with van der Waals surface area (Å²) in [6.07, 6.45) is 0. The van der Waals surface area contributed by atoms with E-state index in [0.29, 0.717) is 12.3 Å². The van der Waals surface area contributed by atoms with Crippen LogP contribution in [0.2, 0.25) is 0 Å². The zero-order valence-electron chi connectivity index (χ0n) is 11.2. The molecule has 0 aliphatic carbocycles. The van der Waals surface area contributed by atoms with Gasteiger partial charge in [0, 0.05) is 22.6 Å². The van der Waals surface area contributed by atoms with Crippen LogP contribution >= 0.6 is 15.9 Å². The summed E-state index contributed by atoms with van der Waals surface area (Å²) in [5.41, 5.74) is 3.08. The second kappa shape index (κ2) is 6.22. The van der Waals surface area contributed by atoms with Gasteiger partial charge in [0.1, 0.15) is 5.75 Å². The van der Waals surface area contributed by atoms with Crippen LogP contribution < -0.4 is 5.32 Å². The van der Waals surface area contributed by atoms with Crippen LogP contribution in [0.15, 0.2) is 46.9 Å². The molecule has 0 amide bonds. The highest BCUT2D eigenvalue weighted by atomic mass is 79.9. The maximum atomic E-state index is 9.97. The Balaban J connectivity index is 2.02. The Labute approximate surface area is 122 Å². The van der Waals surface area contributed by atoms with Gasteiger partial charge < -0.3 is 10.4 Å². The van der Waals surface area contributed by atoms with E-state index in [2.05, 4.69) is 40.3 Å². The quantitative estimate of drug-likeness (QED) is 0.879. The fourth-order valence-electron chi connectivity index (χ4n) is 1.99. The van der Waals surface area contributed by atoms with Crippen molar-refractivity contribution in [3.05, 3.63) is 63.6 Å². The first-order valence-electron chi connectivity index (χ1n) is 6.34. The zero-order valence-corrected chi connectivity index (χ0v) is 12.7. The van der Waals surface area contributed by atoms with E-state index in [4.69, 9.17) is 0 Å². The molecule has 2 N–H and O–H groups in total. The van der Waals surface area contributed by atoms with E-state index >= 15 is 0 Å². The SMILES string of the molecule is Cc1cccc(CNC(C)c2ccc(Br)cc2)c1O. The molecule has 0 aliphatic rings. The van der Waals surface area contributed by atoms with Crippen LogP contribution in [0.5, 0.6) is 5.75 Å². The van der Waals surface area contributed by atoms with Gasteiger partial charge in [0.05, 0.1) is 0 Å². The largest absolute Gasteiger partial charge is 0.507 e. The predicted octanol–water partition coefficient (Wildman–Crippen LogP) is 4.31. The lowest BCUT2D eigenvalue weighted by Gasteiger charge is -2.15. The van der Waals surface area contributed by atoms with Crippen LogP contribution in [0.25, 0.3) is 0 Å². The third-order valence-corrected chi connectivity index (χ3v) is 3.82. The molecular weight excluding hydrogens is 302 g/mol. The number of hydrogen-bond acceptors (Lipinski definition) is 2. The van der Waals surface area contributed by atoms with E-state index in [0.717, 1.165) is 15.6 Å². The third-order valence-electron chi connectivity index (χ3n) is 3.29. The molecule has 19 heavy (non-hydrogen) atoms. The molecule has 3 heteroatoms. The van der Waals surface area contributed by atoms with Gasteiger partial charge in [0.15, 0.2) is 0 Å². The summed E-state index contributed by atoms with van der Waals surface area (Å²) in [7, 11) is 0. The second-order valence-corrected chi connectivity index (χ2v) is 5.65. The number of aromatic hydroxyl groups is 1. The van der Waals surface area contributed by atoms with E-state index in [1.54, 1.807) is 0 Å². The van der Waals surface area contributed by atoms with E-state index < -0.39 is 0 Å². The van der Waals surface area contributed by atoms with Crippen molar-refractivity contribution in [1.82, 2.24) is 5.32 Å². The molecule has 0 saturated heterocycles. The van der Waals surface area contributed by atoms with E-state index in [1.165, 1.54) is 5.56 Å². The lowest BCUT2D eigenvalue weighted by Crippen LogP contribution is -2.18. The maximum Gasteiger partial charge on any atom is 0.122 e. The number of nitrogens with one attached hydrogen (secondary N) is 1. The summed E-state index contributed by atoms with van der Waals surface area (Å²) in [4.78, 5) is 0. The molecule has 0 heterocycles. The van der Waals surface area contributed by atoms with Gasteiger partial charge in [-0.2, -0.15) is 0 Å². The van der Waals surface area contributed by atoms with Crippen LogP contribution in [-0.4, -0.2) is 5.11 Å². The van der Waals surface area contributed by atoms with Crippen LogP contribution in [0.3, 0.4) is 0 Å². The third kappa shape index (κ3) is 3.58. The van der Waals surface area contributed by atoms with Gasteiger partial charge in [-0.25, -0.2) is 0 Å². The minimum Gasteiger partial charge on any atom is -0.507 e. The molecule has 1 unspecified atom stereocenters. The molecule has 100 valence electrons. The number of benzene rings is 2. The Morgan fingerprint density at radius 3 is 2.53 bits per heavy atom. The molecule has 0 aromatic heterocycles. The lowest BCUT2D eigenvalue weighted by molar-refractivity contribution is 0.456. The summed E-state index contributed by atoms with van der Waals surface area (Å²) in [6.45, 7) is 4.69. The first-order chi connectivity index (χ1) is 9.08. The molecule has 0 bridgehead atoms. The molecule has 1 atom stereocenters. The second-order valence-electron chi connectivity index (χ2n) is 4.74. The van der Waals surface area contributed by atoms with Crippen molar-refractivity contribution in [2.45, 2.75) is 26.4 Å². The summed E-state index contributed by atoms with van der Waals surface area (Å²) >= 11 is 3.43. The standard InChI is InChI=1S/C16H18BrNO/c1-11-4-3-5-14(16(11)19)10-18-12(2)13-6-8-15(17)9-7-13/h3-9,12,18-19H,10H2,1-2H3. The van der Waals surface area contributed by atoms with Crippen molar-refractivity contribution < 1.29 is 5.11 Å². The van der Waals surface area contributed by atoms with E-state index in [1.807, 2.05) is 37.3 Å². The summed E-state index contributed by atoms with van der Waals surface area (Å²) in [5.74, 6) is 0.387. The molecule has 2 rings (SSSR count). The van der Waals surface area contributed by atoms with E-state index in [9.17, 15) is 5.11 Å². The van der Waals surface area contributed by atoms with Gasteiger partial charge >= 0.3 is 0 Å². The highest BCUT2D eigenvalue weighted by Crippen LogP contribution is 2.22. The number of rotatable bonds is 4. The first-order valence-corrected chi connectivity index (χ1v) is 7.13. The van der Waals surface area contributed by atoms with Gasteiger partial charge in [-0.3, -0.25) is 0 Å². The molecule has 0 fully saturated rings. The summed E-state index contributed by atoms with van der Waals surface area (Å²) in [5, 5.41) is 13.4. The van der Waals surface area contributed by atoms with Crippen molar-refractivity contribution in [1.29, 1.82) is 0 Å². The fourth-order valence-corrected chi connectivity index (χ4v) is 2.26. The average Bonchev–Trinajstić information content (AvgIpc) is 2.41. The molecule has 2 nitrogen and oxygen atoms in total. The van der Waals surface area contributed by atoms with Crippen molar-refractivity contribution in [2.24, 2.45) is 0 Å². The van der Waals surface area contributed by atoms with Crippen molar-refractivity contribution >= 4 is 15.9 Å². The van der Waals surface area contributed by atoms with Gasteiger partial charge in [-0.1, -0.05) is 46.3 Å². The van der Waals surface area contributed by atoms with Gasteiger partial charge in [-0.05, 0) is 37.1 Å². The Morgan fingerprint density at radius 1 is 1.16 bits per heavy atom. The average molecular weight is 320 g/mol. The number of aryl methyl sites for hydroxylation is 1. The highest BCUT2D eigenvalue weighted by Gasteiger charge is 2.07. The van der Waals surface area contributed by atoms with Crippen LogP contribution in [0.1, 0.15) is 29.7 Å². The monoisotopic (exact) mass is 319 g/mol. The summed E-state index contributed by atoms with van der Waals surface area (Å²) in [6, 6.07) is 14.3. The minimum atomic E-state index is 0.244. The maximum absolute atomic E-state index is 9.97. The Bertz CT molecular complexity index is 551. The Kier molecular flexibility index (Phi) is 4.61. The Morgan fingerprint density at radius 2 is 1.84 bits per heavy atom. The first kappa shape index (κ1) is 14.1. The van der Waals surface area contributed by atoms with Crippen LogP contribution in [-0.2, 0) is 6.54 Å². The van der Waals surface area contributed by atoms with Crippen LogP contribution in [0, 0.1) is 6.92 Å². The smallest absolute Gasteiger partial charge is 0.122 e.